The molecule has 1 atom stereocenters. The molecule has 38 heavy (non-hydrogen) atoms. The maximum absolute atomic E-state index is 13.0. The molecule has 11 nitrogen and oxygen atoms in total. The first kappa shape index (κ1) is 27.7. The second-order valence-corrected chi connectivity index (χ2v) is 11.3. The monoisotopic (exact) mass is 563 g/mol. The molecule has 1 saturated heterocycles. The molecule has 2 aromatic carbocycles. The second kappa shape index (κ2) is 11.2. The first-order chi connectivity index (χ1) is 18.0. The number of halogens is 1. The number of nitrogens with zero attached hydrogens (tertiary/aromatic N) is 2. The van der Waals surface area contributed by atoms with Gasteiger partial charge in [-0.25, -0.2) is 13.2 Å². The van der Waals surface area contributed by atoms with Gasteiger partial charge >= 0.3 is 5.97 Å². The summed E-state index contributed by atoms with van der Waals surface area (Å²) in [6.07, 6.45) is 0. The van der Waals surface area contributed by atoms with Crippen LogP contribution in [-0.2, 0) is 29.1 Å². The van der Waals surface area contributed by atoms with Gasteiger partial charge in [0, 0.05) is 18.8 Å². The fourth-order valence-electron chi connectivity index (χ4n) is 4.26. The fraction of sp³-hybridized carbons (Fsp3) is 0.360. The van der Waals surface area contributed by atoms with Gasteiger partial charge in [-0.1, -0.05) is 37.6 Å². The number of esters is 1. The number of nitrogens with one attached hydrogen (secondary N) is 1. The highest BCUT2D eigenvalue weighted by atomic mass is 35.5. The van der Waals surface area contributed by atoms with Crippen molar-refractivity contribution in [1.29, 1.82) is 0 Å². The molecular weight excluding hydrogens is 538 g/mol. The van der Waals surface area contributed by atoms with Gasteiger partial charge in [-0.15, -0.1) is 0 Å². The number of sulfonamides is 1. The summed E-state index contributed by atoms with van der Waals surface area (Å²) in [6.45, 7) is 3.46. The van der Waals surface area contributed by atoms with E-state index in [0.717, 1.165) is 4.90 Å². The van der Waals surface area contributed by atoms with Crippen molar-refractivity contribution in [2.45, 2.75) is 24.8 Å². The third kappa shape index (κ3) is 5.44. The third-order valence-electron chi connectivity index (χ3n) is 6.12. The molecule has 2 heterocycles. The van der Waals surface area contributed by atoms with Crippen molar-refractivity contribution in [1.82, 2.24) is 9.21 Å². The lowest BCUT2D eigenvalue weighted by Gasteiger charge is -2.27. The van der Waals surface area contributed by atoms with Crippen molar-refractivity contribution in [3.8, 4) is 0 Å². The Balaban J connectivity index is 1.43. The summed E-state index contributed by atoms with van der Waals surface area (Å²) in [6, 6.07) is 8.99. The van der Waals surface area contributed by atoms with E-state index in [1.807, 2.05) is 0 Å². The summed E-state index contributed by atoms with van der Waals surface area (Å²) in [4.78, 5) is 51.8. The van der Waals surface area contributed by atoms with Crippen LogP contribution in [0.15, 0.2) is 47.4 Å². The summed E-state index contributed by atoms with van der Waals surface area (Å²) in [7, 11) is -3.92. The Morgan fingerprint density at radius 2 is 1.66 bits per heavy atom. The Labute approximate surface area is 224 Å². The van der Waals surface area contributed by atoms with Gasteiger partial charge < -0.3 is 14.8 Å². The number of hydrogen-bond acceptors (Lipinski definition) is 8. The van der Waals surface area contributed by atoms with Crippen LogP contribution in [0, 0.1) is 5.92 Å². The lowest BCUT2D eigenvalue weighted by molar-refractivity contribution is -0.152. The molecular formula is C25H26ClN3O8S. The Morgan fingerprint density at radius 1 is 1.05 bits per heavy atom. The summed E-state index contributed by atoms with van der Waals surface area (Å²) in [5, 5.41) is 2.47. The fourth-order valence-corrected chi connectivity index (χ4v) is 6.17. The number of carbonyl (C=O) groups excluding carboxylic acids is 4. The van der Waals surface area contributed by atoms with Crippen LogP contribution >= 0.6 is 11.6 Å². The van der Waals surface area contributed by atoms with Crippen LogP contribution < -0.4 is 5.32 Å². The van der Waals surface area contributed by atoms with Crippen LogP contribution in [0.3, 0.4) is 0 Å². The average Bonchev–Trinajstić information content (AvgIpc) is 3.14. The zero-order chi connectivity index (χ0) is 27.6. The molecule has 0 aromatic heterocycles. The number of rotatable bonds is 8. The highest BCUT2D eigenvalue weighted by Crippen LogP contribution is 2.29. The van der Waals surface area contributed by atoms with E-state index in [9.17, 15) is 27.6 Å². The Hall–Kier alpha value is -3.32. The van der Waals surface area contributed by atoms with Crippen LogP contribution in [-0.4, -0.2) is 80.3 Å². The number of amides is 3. The van der Waals surface area contributed by atoms with Gasteiger partial charge in [-0.05, 0) is 36.2 Å². The number of imide groups is 1. The van der Waals surface area contributed by atoms with Crippen LogP contribution in [0.2, 0.25) is 5.02 Å². The van der Waals surface area contributed by atoms with E-state index in [0.29, 0.717) is 0 Å². The molecule has 1 unspecified atom stereocenters. The van der Waals surface area contributed by atoms with E-state index in [1.54, 1.807) is 26.0 Å². The summed E-state index contributed by atoms with van der Waals surface area (Å²) >= 11 is 6.14. The van der Waals surface area contributed by atoms with Gasteiger partial charge in [-0.2, -0.15) is 4.31 Å². The first-order valence-electron chi connectivity index (χ1n) is 11.8. The zero-order valence-electron chi connectivity index (χ0n) is 20.7. The summed E-state index contributed by atoms with van der Waals surface area (Å²) in [5.41, 5.74) is 0.515. The first-order valence-corrected chi connectivity index (χ1v) is 13.6. The van der Waals surface area contributed by atoms with E-state index < -0.39 is 52.3 Å². The predicted molar refractivity (Wildman–Crippen MR) is 136 cm³/mol. The molecule has 0 saturated carbocycles. The van der Waals surface area contributed by atoms with E-state index in [2.05, 4.69) is 5.32 Å². The number of anilines is 1. The van der Waals surface area contributed by atoms with Gasteiger partial charge in [-0.3, -0.25) is 19.3 Å². The molecule has 3 amide bonds. The van der Waals surface area contributed by atoms with Crippen molar-refractivity contribution in [3.63, 3.8) is 0 Å². The van der Waals surface area contributed by atoms with Crippen LogP contribution in [0.5, 0.6) is 0 Å². The van der Waals surface area contributed by atoms with Gasteiger partial charge in [0.15, 0.2) is 6.61 Å². The minimum absolute atomic E-state index is 0.0124. The predicted octanol–water partition coefficient (Wildman–Crippen LogP) is 2.16. The summed E-state index contributed by atoms with van der Waals surface area (Å²) in [5.74, 6) is -3.38. The molecule has 2 aliphatic heterocycles. The molecule has 202 valence electrons. The van der Waals surface area contributed by atoms with E-state index in [-0.39, 0.29) is 53.0 Å². The standard InChI is InChI=1S/C25H26ClN3O8S/c1-15(2)22(29-23(31)17-5-3-4-6-18(17)24(29)32)25(33)37-14-21(30)27-16-7-8-19(26)20(13-16)38(34,35)28-9-11-36-12-10-28/h3-8,13,15,22H,9-12,14H2,1-2H3,(H,27,30). The van der Waals surface area contributed by atoms with Crippen LogP contribution in [0.1, 0.15) is 34.6 Å². The van der Waals surface area contributed by atoms with Gasteiger partial charge in [0.1, 0.15) is 10.9 Å². The number of hydrogen-bond donors (Lipinski definition) is 1. The minimum atomic E-state index is -3.92. The van der Waals surface area contributed by atoms with E-state index in [4.69, 9.17) is 21.1 Å². The lowest BCUT2D eigenvalue weighted by Crippen LogP contribution is -2.49. The maximum Gasteiger partial charge on any atom is 0.330 e. The molecule has 0 bridgehead atoms. The highest BCUT2D eigenvalue weighted by Gasteiger charge is 2.44. The van der Waals surface area contributed by atoms with Crippen molar-refractivity contribution in [2.75, 3.05) is 38.2 Å². The molecule has 0 spiro atoms. The Kier molecular flexibility index (Phi) is 8.16. The number of benzene rings is 2. The van der Waals surface area contributed by atoms with Crippen LogP contribution in [0.25, 0.3) is 0 Å². The minimum Gasteiger partial charge on any atom is -0.454 e. The topological polar surface area (TPSA) is 139 Å². The normalized spacial score (nSPS) is 16.9. The van der Waals surface area contributed by atoms with E-state index >= 15 is 0 Å². The van der Waals surface area contributed by atoms with E-state index in [1.165, 1.54) is 34.6 Å². The van der Waals surface area contributed by atoms with Gasteiger partial charge in [0.05, 0.1) is 29.4 Å². The molecule has 1 fully saturated rings. The largest absolute Gasteiger partial charge is 0.454 e. The Bertz CT molecular complexity index is 1350. The lowest BCUT2D eigenvalue weighted by atomic mass is 10.0. The maximum atomic E-state index is 13.0. The number of fused-ring (bicyclic) bond motifs is 1. The van der Waals surface area contributed by atoms with Crippen molar-refractivity contribution >= 4 is 51.0 Å². The molecule has 0 radical (unpaired) electrons. The van der Waals surface area contributed by atoms with Gasteiger partial charge in [0.2, 0.25) is 10.0 Å². The zero-order valence-corrected chi connectivity index (χ0v) is 22.3. The molecule has 13 heteroatoms. The van der Waals surface area contributed by atoms with Crippen molar-refractivity contribution < 1.29 is 37.1 Å². The molecule has 2 aliphatic rings. The second-order valence-electron chi connectivity index (χ2n) is 9.03. The van der Waals surface area contributed by atoms with Gasteiger partial charge in [0.25, 0.3) is 17.7 Å². The molecule has 0 aliphatic carbocycles. The molecule has 2 aromatic rings. The quantitative estimate of drug-likeness (QED) is 0.381. The number of ether oxygens (including phenoxy) is 2. The number of morpholine rings is 1. The van der Waals surface area contributed by atoms with Crippen molar-refractivity contribution in [3.05, 3.63) is 58.6 Å². The SMILES string of the molecule is CC(C)C(C(=O)OCC(=O)Nc1ccc(Cl)c(S(=O)(=O)N2CCOCC2)c1)N1C(=O)c2ccccc2C1=O. The Morgan fingerprint density at radius 3 is 2.24 bits per heavy atom. The van der Waals surface area contributed by atoms with Crippen molar-refractivity contribution in [2.24, 2.45) is 5.92 Å². The smallest absolute Gasteiger partial charge is 0.330 e. The number of carbonyl (C=O) groups is 4. The average molecular weight is 564 g/mol. The van der Waals surface area contributed by atoms with Crippen LogP contribution in [0.4, 0.5) is 5.69 Å². The molecule has 4 rings (SSSR count). The summed E-state index contributed by atoms with van der Waals surface area (Å²) < 4.78 is 37.6. The molecule has 1 N–H and O–H groups in total. The highest BCUT2D eigenvalue weighted by molar-refractivity contribution is 7.89. The third-order valence-corrected chi connectivity index (χ3v) is 8.51.